The van der Waals surface area contributed by atoms with Gasteiger partial charge in [-0.05, 0) is 28.8 Å². The van der Waals surface area contributed by atoms with Crippen molar-refractivity contribution in [1.29, 1.82) is 0 Å². The standard InChI is InChI=1S/C20H21N3O2/c1-22-12-17(19(21)20(24)25)16-7-14-10-23(11-15(14)8-18(16)22)9-13-5-3-2-4-6-13/h2-8,12,19H,9-11,21H2,1H3,(H,24,25). The zero-order valence-electron chi connectivity index (χ0n) is 14.1. The van der Waals surface area contributed by atoms with E-state index in [9.17, 15) is 9.90 Å². The van der Waals surface area contributed by atoms with Gasteiger partial charge in [0.1, 0.15) is 6.04 Å². The molecule has 5 nitrogen and oxygen atoms in total. The predicted molar refractivity (Wildman–Crippen MR) is 96.9 cm³/mol. The summed E-state index contributed by atoms with van der Waals surface area (Å²) in [5.74, 6) is -1.00. The lowest BCUT2D eigenvalue weighted by atomic mass is 10.0. The first-order valence-corrected chi connectivity index (χ1v) is 8.38. The second kappa shape index (κ2) is 6.02. The molecule has 0 bridgehead atoms. The fraction of sp³-hybridized carbons (Fsp3) is 0.250. The van der Waals surface area contributed by atoms with Crippen molar-refractivity contribution in [3.63, 3.8) is 0 Å². The van der Waals surface area contributed by atoms with Crippen LogP contribution in [0.1, 0.15) is 28.3 Å². The highest BCUT2D eigenvalue weighted by molar-refractivity contribution is 5.90. The lowest BCUT2D eigenvalue weighted by Crippen LogP contribution is -2.20. The molecule has 1 aliphatic rings. The number of carbonyl (C=O) groups is 1. The Morgan fingerprint density at radius 1 is 1.20 bits per heavy atom. The Balaban J connectivity index is 1.67. The molecule has 2 aromatic carbocycles. The maximum atomic E-state index is 11.3. The number of hydrogen-bond acceptors (Lipinski definition) is 3. The Morgan fingerprint density at radius 3 is 2.56 bits per heavy atom. The summed E-state index contributed by atoms with van der Waals surface area (Å²) >= 11 is 0. The van der Waals surface area contributed by atoms with E-state index >= 15 is 0 Å². The third-order valence-corrected chi connectivity index (χ3v) is 4.98. The maximum absolute atomic E-state index is 11.3. The largest absolute Gasteiger partial charge is 0.480 e. The molecular weight excluding hydrogens is 314 g/mol. The molecule has 4 rings (SSSR count). The van der Waals surface area contributed by atoms with Gasteiger partial charge in [-0.1, -0.05) is 30.3 Å². The zero-order valence-corrected chi connectivity index (χ0v) is 14.1. The van der Waals surface area contributed by atoms with Gasteiger partial charge in [0.25, 0.3) is 0 Å². The summed E-state index contributed by atoms with van der Waals surface area (Å²) in [7, 11) is 1.93. The number of nitrogens with zero attached hydrogens (tertiary/aromatic N) is 2. The average molecular weight is 335 g/mol. The van der Waals surface area contributed by atoms with E-state index < -0.39 is 12.0 Å². The molecule has 0 saturated heterocycles. The normalized spacial score (nSPS) is 15.4. The van der Waals surface area contributed by atoms with E-state index in [4.69, 9.17) is 5.73 Å². The van der Waals surface area contributed by atoms with Crippen LogP contribution in [0.4, 0.5) is 0 Å². The molecule has 3 aromatic rings. The first kappa shape index (κ1) is 15.9. The molecule has 0 saturated carbocycles. The second-order valence-corrected chi connectivity index (χ2v) is 6.78. The van der Waals surface area contributed by atoms with Gasteiger partial charge >= 0.3 is 5.97 Å². The van der Waals surface area contributed by atoms with Gasteiger partial charge in [-0.25, -0.2) is 0 Å². The third kappa shape index (κ3) is 2.81. The molecule has 0 aliphatic carbocycles. The molecule has 1 atom stereocenters. The van der Waals surface area contributed by atoms with E-state index in [2.05, 4.69) is 41.3 Å². The number of carboxylic acids is 1. The Hall–Kier alpha value is -2.63. The molecule has 1 aliphatic heterocycles. The smallest absolute Gasteiger partial charge is 0.325 e. The first-order chi connectivity index (χ1) is 12.0. The maximum Gasteiger partial charge on any atom is 0.325 e. The Kier molecular flexibility index (Phi) is 3.82. The Morgan fingerprint density at radius 2 is 1.88 bits per heavy atom. The van der Waals surface area contributed by atoms with E-state index in [1.165, 1.54) is 16.7 Å². The molecular formula is C20H21N3O2. The number of hydrogen-bond donors (Lipinski definition) is 2. The van der Waals surface area contributed by atoms with E-state index in [1.807, 2.05) is 23.9 Å². The topological polar surface area (TPSA) is 71.5 Å². The summed E-state index contributed by atoms with van der Waals surface area (Å²) in [4.78, 5) is 13.7. The van der Waals surface area contributed by atoms with Crippen molar-refractivity contribution in [2.24, 2.45) is 12.8 Å². The molecule has 1 aromatic heterocycles. The van der Waals surface area contributed by atoms with Crippen molar-refractivity contribution in [3.8, 4) is 0 Å². The number of rotatable bonds is 4. The quantitative estimate of drug-likeness (QED) is 0.769. The van der Waals surface area contributed by atoms with Gasteiger partial charge in [0.05, 0.1) is 0 Å². The van der Waals surface area contributed by atoms with Crippen molar-refractivity contribution in [3.05, 3.63) is 70.9 Å². The number of nitrogens with two attached hydrogens (primary N) is 1. The van der Waals surface area contributed by atoms with Crippen LogP contribution >= 0.6 is 0 Å². The van der Waals surface area contributed by atoms with Crippen molar-refractivity contribution < 1.29 is 9.90 Å². The van der Waals surface area contributed by atoms with Gasteiger partial charge in [-0.3, -0.25) is 9.69 Å². The molecule has 3 N–H and O–H groups in total. The number of aryl methyl sites for hydroxylation is 1. The van der Waals surface area contributed by atoms with Gasteiger partial charge in [0.2, 0.25) is 0 Å². The van der Waals surface area contributed by atoms with Crippen LogP contribution in [0.15, 0.2) is 48.7 Å². The van der Waals surface area contributed by atoms with Crippen LogP contribution in [0.25, 0.3) is 10.9 Å². The van der Waals surface area contributed by atoms with Crippen LogP contribution in [-0.4, -0.2) is 20.5 Å². The average Bonchev–Trinajstić information content (AvgIpc) is 3.13. The highest BCUT2D eigenvalue weighted by Gasteiger charge is 2.24. The first-order valence-electron chi connectivity index (χ1n) is 8.38. The minimum Gasteiger partial charge on any atom is -0.480 e. The van der Waals surface area contributed by atoms with Crippen LogP contribution in [0, 0.1) is 0 Å². The fourth-order valence-electron chi connectivity index (χ4n) is 3.71. The molecule has 25 heavy (non-hydrogen) atoms. The third-order valence-electron chi connectivity index (χ3n) is 4.98. The Labute approximate surface area is 146 Å². The second-order valence-electron chi connectivity index (χ2n) is 6.78. The van der Waals surface area contributed by atoms with E-state index in [0.717, 1.165) is 30.5 Å². The van der Waals surface area contributed by atoms with Crippen molar-refractivity contribution in [1.82, 2.24) is 9.47 Å². The molecule has 0 spiro atoms. The minimum atomic E-state index is -1.00. The van der Waals surface area contributed by atoms with Crippen LogP contribution < -0.4 is 5.73 Å². The zero-order chi connectivity index (χ0) is 17.6. The summed E-state index contributed by atoms with van der Waals surface area (Å²) in [5.41, 5.74) is 11.4. The molecule has 0 fully saturated rings. The molecule has 2 heterocycles. The monoisotopic (exact) mass is 335 g/mol. The van der Waals surface area contributed by atoms with Gasteiger partial charge in [-0.15, -0.1) is 0 Å². The van der Waals surface area contributed by atoms with Gasteiger partial charge in [0, 0.05) is 49.3 Å². The van der Waals surface area contributed by atoms with Gasteiger partial charge < -0.3 is 15.4 Å². The predicted octanol–water partition coefficient (Wildman–Crippen LogP) is 2.78. The summed E-state index contributed by atoms with van der Waals surface area (Å²) in [6.07, 6.45) is 1.83. The molecule has 1 unspecified atom stereocenters. The van der Waals surface area contributed by atoms with Crippen LogP contribution in [-0.2, 0) is 31.5 Å². The minimum absolute atomic E-state index is 0.675. The van der Waals surface area contributed by atoms with Gasteiger partial charge in [-0.2, -0.15) is 0 Å². The number of benzene rings is 2. The SMILES string of the molecule is Cn1cc(C(N)C(=O)O)c2cc3c(cc21)CN(Cc1ccccc1)C3. The van der Waals surface area contributed by atoms with Crippen LogP contribution in [0.5, 0.6) is 0 Å². The summed E-state index contributed by atoms with van der Waals surface area (Å²) < 4.78 is 1.97. The van der Waals surface area contributed by atoms with Crippen LogP contribution in [0.2, 0.25) is 0 Å². The van der Waals surface area contributed by atoms with E-state index in [0.29, 0.717) is 5.56 Å². The van der Waals surface area contributed by atoms with Gasteiger partial charge in [0.15, 0.2) is 0 Å². The van der Waals surface area contributed by atoms with Crippen LogP contribution in [0.3, 0.4) is 0 Å². The summed E-state index contributed by atoms with van der Waals surface area (Å²) in [6.45, 7) is 2.69. The van der Waals surface area contributed by atoms with E-state index in [-0.39, 0.29) is 0 Å². The number of aliphatic carboxylic acids is 1. The molecule has 0 amide bonds. The van der Waals surface area contributed by atoms with Crippen molar-refractivity contribution in [2.45, 2.75) is 25.7 Å². The summed E-state index contributed by atoms with van der Waals surface area (Å²) in [5, 5.41) is 10.2. The van der Waals surface area contributed by atoms with Crippen molar-refractivity contribution in [2.75, 3.05) is 0 Å². The lowest BCUT2D eigenvalue weighted by molar-refractivity contribution is -0.138. The summed E-state index contributed by atoms with van der Waals surface area (Å²) in [6, 6.07) is 13.7. The lowest BCUT2D eigenvalue weighted by Gasteiger charge is -2.14. The molecule has 0 radical (unpaired) electrons. The molecule has 5 heteroatoms. The van der Waals surface area contributed by atoms with Crippen molar-refractivity contribution >= 4 is 16.9 Å². The Bertz CT molecular complexity index is 946. The highest BCUT2D eigenvalue weighted by Crippen LogP contribution is 2.33. The number of fused-ring (bicyclic) bond motifs is 2. The number of aromatic nitrogens is 1. The fourth-order valence-corrected chi connectivity index (χ4v) is 3.71. The van der Waals surface area contributed by atoms with E-state index in [1.54, 1.807) is 0 Å². The number of carboxylic acid groups (broad SMARTS) is 1. The molecule has 128 valence electrons. The highest BCUT2D eigenvalue weighted by atomic mass is 16.4.